The number of halogens is 3. The van der Waals surface area contributed by atoms with E-state index in [0.29, 0.717) is 5.02 Å². The Balaban J connectivity index is 2.60. The first-order valence-electron chi connectivity index (χ1n) is 4.93. The molecule has 0 fully saturated rings. The second-order valence-electron chi connectivity index (χ2n) is 3.64. The van der Waals surface area contributed by atoms with Crippen LogP contribution in [0.3, 0.4) is 0 Å². The van der Waals surface area contributed by atoms with E-state index in [9.17, 15) is 8.78 Å². The third-order valence-corrected chi connectivity index (χ3v) is 2.61. The van der Waals surface area contributed by atoms with E-state index in [-0.39, 0.29) is 6.04 Å². The topological polar surface area (TPSA) is 32.3 Å². The van der Waals surface area contributed by atoms with Crippen molar-refractivity contribution < 1.29 is 13.9 Å². The lowest BCUT2D eigenvalue weighted by Gasteiger charge is -2.19. The van der Waals surface area contributed by atoms with Crippen molar-refractivity contribution in [1.82, 2.24) is 5.32 Å². The molecule has 0 aliphatic heterocycles. The number of hydrogen-bond donors (Lipinski definition) is 2. The van der Waals surface area contributed by atoms with Crippen molar-refractivity contribution in [3.63, 3.8) is 0 Å². The van der Waals surface area contributed by atoms with Crippen molar-refractivity contribution in [3.05, 3.63) is 34.9 Å². The highest BCUT2D eigenvalue weighted by atomic mass is 35.5. The molecule has 2 N–H and O–H groups in total. The summed E-state index contributed by atoms with van der Waals surface area (Å²) < 4.78 is 25.6. The maximum atomic E-state index is 12.8. The van der Waals surface area contributed by atoms with Crippen molar-refractivity contribution in [1.29, 1.82) is 0 Å². The van der Waals surface area contributed by atoms with E-state index in [0.717, 1.165) is 5.56 Å². The lowest BCUT2D eigenvalue weighted by molar-refractivity contribution is -0.0490. The number of aliphatic hydroxyl groups excluding tert-OH is 1. The molecule has 16 heavy (non-hydrogen) atoms. The van der Waals surface area contributed by atoms with Gasteiger partial charge in [-0.15, -0.1) is 0 Å². The number of aliphatic hydroxyl groups is 1. The molecule has 0 aliphatic rings. The van der Waals surface area contributed by atoms with Crippen LogP contribution in [-0.4, -0.2) is 24.2 Å². The average molecular weight is 250 g/mol. The third kappa shape index (κ3) is 3.70. The van der Waals surface area contributed by atoms with Gasteiger partial charge in [-0.25, -0.2) is 8.78 Å². The summed E-state index contributed by atoms with van der Waals surface area (Å²) in [5.74, 6) is -3.10. The number of nitrogens with one attached hydrogen (secondary N) is 1. The Bertz CT molecular complexity index is 347. The second kappa shape index (κ2) is 5.57. The van der Waals surface area contributed by atoms with E-state index < -0.39 is 19.1 Å². The molecule has 0 saturated carbocycles. The summed E-state index contributed by atoms with van der Waals surface area (Å²) in [4.78, 5) is 0. The molecule has 0 amide bonds. The van der Waals surface area contributed by atoms with E-state index in [1.54, 1.807) is 31.2 Å². The van der Waals surface area contributed by atoms with Gasteiger partial charge < -0.3 is 10.4 Å². The predicted molar refractivity (Wildman–Crippen MR) is 59.9 cm³/mol. The Labute approximate surface area is 98.2 Å². The first-order chi connectivity index (χ1) is 7.46. The van der Waals surface area contributed by atoms with Crippen LogP contribution in [0, 0.1) is 0 Å². The molecule has 0 spiro atoms. The van der Waals surface area contributed by atoms with Gasteiger partial charge in [0.2, 0.25) is 0 Å². The normalized spacial score (nSPS) is 13.8. The number of rotatable bonds is 5. The van der Waals surface area contributed by atoms with Gasteiger partial charge in [0, 0.05) is 11.1 Å². The summed E-state index contributed by atoms with van der Waals surface area (Å²) in [7, 11) is 0. The molecular weight excluding hydrogens is 236 g/mol. The van der Waals surface area contributed by atoms with Crippen molar-refractivity contribution >= 4 is 11.6 Å². The summed E-state index contributed by atoms with van der Waals surface area (Å²) in [6.07, 6.45) is 0. The van der Waals surface area contributed by atoms with Gasteiger partial charge in [-0.2, -0.15) is 0 Å². The fourth-order valence-corrected chi connectivity index (χ4v) is 1.59. The van der Waals surface area contributed by atoms with Gasteiger partial charge in [0.25, 0.3) is 5.92 Å². The van der Waals surface area contributed by atoms with E-state index in [1.165, 1.54) is 0 Å². The molecule has 5 heteroatoms. The first kappa shape index (κ1) is 13.4. The summed E-state index contributed by atoms with van der Waals surface area (Å²) in [5.41, 5.74) is 0.762. The van der Waals surface area contributed by atoms with Crippen LogP contribution in [0.25, 0.3) is 0 Å². The van der Waals surface area contributed by atoms with E-state index in [1.807, 2.05) is 0 Å². The van der Waals surface area contributed by atoms with Crippen molar-refractivity contribution in [2.24, 2.45) is 0 Å². The third-order valence-electron chi connectivity index (χ3n) is 2.27. The molecule has 1 rings (SSSR count). The second-order valence-corrected chi connectivity index (χ2v) is 4.05. The van der Waals surface area contributed by atoms with Crippen LogP contribution in [0.2, 0.25) is 5.02 Å². The molecule has 1 aromatic rings. The molecule has 0 radical (unpaired) electrons. The molecular formula is C11H14ClF2NO. The fraction of sp³-hybridized carbons (Fsp3) is 0.455. The smallest absolute Gasteiger partial charge is 0.282 e. The Morgan fingerprint density at radius 1 is 1.44 bits per heavy atom. The molecule has 1 atom stereocenters. The Kier molecular flexibility index (Phi) is 4.65. The maximum Gasteiger partial charge on any atom is 0.282 e. The van der Waals surface area contributed by atoms with Gasteiger partial charge in [-0.1, -0.05) is 29.8 Å². The van der Waals surface area contributed by atoms with Gasteiger partial charge >= 0.3 is 0 Å². The van der Waals surface area contributed by atoms with Crippen LogP contribution >= 0.6 is 11.6 Å². The molecule has 90 valence electrons. The molecule has 2 nitrogen and oxygen atoms in total. The SMILES string of the molecule is CC(NCC(F)(F)CO)c1ccccc1Cl. The van der Waals surface area contributed by atoms with Gasteiger partial charge in [0.15, 0.2) is 0 Å². The summed E-state index contributed by atoms with van der Waals surface area (Å²) in [5, 5.41) is 11.6. The first-order valence-corrected chi connectivity index (χ1v) is 5.30. The minimum atomic E-state index is -3.10. The zero-order valence-corrected chi connectivity index (χ0v) is 9.64. The molecule has 0 aromatic heterocycles. The van der Waals surface area contributed by atoms with Crippen LogP contribution in [0.5, 0.6) is 0 Å². The van der Waals surface area contributed by atoms with Crippen LogP contribution in [0.15, 0.2) is 24.3 Å². The number of alkyl halides is 2. The highest BCUT2D eigenvalue weighted by molar-refractivity contribution is 6.31. The van der Waals surface area contributed by atoms with Gasteiger partial charge in [0.1, 0.15) is 6.61 Å². The van der Waals surface area contributed by atoms with Crippen molar-refractivity contribution in [3.8, 4) is 0 Å². The standard InChI is InChI=1S/C11H14ClF2NO/c1-8(15-6-11(13,14)7-16)9-4-2-3-5-10(9)12/h2-5,8,15-16H,6-7H2,1H3. The highest BCUT2D eigenvalue weighted by Gasteiger charge is 2.28. The molecule has 1 unspecified atom stereocenters. The highest BCUT2D eigenvalue weighted by Crippen LogP contribution is 2.23. The van der Waals surface area contributed by atoms with Crippen molar-refractivity contribution in [2.75, 3.05) is 13.2 Å². The summed E-state index contributed by atoms with van der Waals surface area (Å²) in [6, 6.07) is 6.77. The van der Waals surface area contributed by atoms with Crippen LogP contribution in [0.1, 0.15) is 18.5 Å². The Morgan fingerprint density at radius 3 is 2.62 bits per heavy atom. The van der Waals surface area contributed by atoms with Crippen molar-refractivity contribution in [2.45, 2.75) is 18.9 Å². The quantitative estimate of drug-likeness (QED) is 0.841. The average Bonchev–Trinajstić information content (AvgIpc) is 2.27. The molecule has 0 heterocycles. The lowest BCUT2D eigenvalue weighted by Crippen LogP contribution is -2.37. The van der Waals surface area contributed by atoms with Crippen LogP contribution < -0.4 is 5.32 Å². The molecule has 0 bridgehead atoms. The zero-order chi connectivity index (χ0) is 12.2. The van der Waals surface area contributed by atoms with E-state index >= 15 is 0 Å². The monoisotopic (exact) mass is 249 g/mol. The van der Waals surface area contributed by atoms with E-state index in [4.69, 9.17) is 16.7 Å². The van der Waals surface area contributed by atoms with Gasteiger partial charge in [0.05, 0.1) is 6.54 Å². The Morgan fingerprint density at radius 2 is 2.06 bits per heavy atom. The largest absolute Gasteiger partial charge is 0.390 e. The number of hydrogen-bond acceptors (Lipinski definition) is 2. The Hall–Kier alpha value is -0.710. The minimum absolute atomic E-state index is 0.286. The maximum absolute atomic E-state index is 12.8. The number of benzene rings is 1. The van der Waals surface area contributed by atoms with Crippen LogP contribution in [0.4, 0.5) is 8.78 Å². The van der Waals surface area contributed by atoms with E-state index in [2.05, 4.69) is 5.32 Å². The summed E-state index contributed by atoms with van der Waals surface area (Å²) in [6.45, 7) is 0.0137. The van der Waals surface area contributed by atoms with Gasteiger partial charge in [-0.3, -0.25) is 0 Å². The zero-order valence-electron chi connectivity index (χ0n) is 8.88. The van der Waals surface area contributed by atoms with Gasteiger partial charge in [-0.05, 0) is 18.6 Å². The molecule has 0 aliphatic carbocycles. The summed E-state index contributed by atoms with van der Waals surface area (Å²) >= 11 is 5.93. The minimum Gasteiger partial charge on any atom is -0.390 e. The fourth-order valence-electron chi connectivity index (χ4n) is 1.29. The predicted octanol–water partition coefficient (Wildman–Crippen LogP) is 2.62. The molecule has 0 saturated heterocycles. The van der Waals surface area contributed by atoms with Crippen LogP contribution in [-0.2, 0) is 0 Å². The molecule has 1 aromatic carbocycles. The lowest BCUT2D eigenvalue weighted by atomic mass is 10.1.